The molecule has 26 nitrogen and oxygen atoms in total. The van der Waals surface area contributed by atoms with Gasteiger partial charge in [-0.3, -0.25) is 48.1 Å². The number of hydrogen-bond acceptors (Lipinski definition) is 14. The van der Waals surface area contributed by atoms with Crippen LogP contribution >= 0.6 is 0 Å². The first-order valence-electron chi connectivity index (χ1n) is 16.4. The van der Waals surface area contributed by atoms with E-state index in [1.807, 2.05) is 5.32 Å². The molecule has 0 aliphatic carbocycles. The van der Waals surface area contributed by atoms with E-state index in [0.717, 1.165) is 0 Å². The number of nitrogens with one attached hydrogen (secondary N) is 6. The fourth-order valence-corrected chi connectivity index (χ4v) is 4.40. The summed E-state index contributed by atoms with van der Waals surface area (Å²) >= 11 is 0. The van der Waals surface area contributed by atoms with Gasteiger partial charge in [0, 0.05) is 6.54 Å². The number of amides is 8. The van der Waals surface area contributed by atoms with E-state index in [1.165, 1.54) is 13.8 Å². The second-order valence-corrected chi connectivity index (χ2v) is 12.2. The number of aliphatic hydroxyl groups excluding tert-OH is 2. The molecule has 0 aromatic carbocycles. The molecule has 55 heavy (non-hydrogen) atoms. The molecule has 0 fully saturated rings. The fraction of sp³-hybridized carbons (Fsp3) is 0.621. The third kappa shape index (κ3) is 19.0. The summed E-state index contributed by atoms with van der Waals surface area (Å²) in [5.74, 6) is -13.3. The average molecular weight is 791 g/mol. The summed E-state index contributed by atoms with van der Waals surface area (Å²) < 4.78 is 0. The monoisotopic (exact) mass is 790 g/mol. The summed E-state index contributed by atoms with van der Waals surface area (Å²) in [5.41, 5.74) is 26.5. The third-order valence-corrected chi connectivity index (χ3v) is 7.25. The molecule has 7 atom stereocenters. The van der Waals surface area contributed by atoms with Crippen LogP contribution in [0.1, 0.15) is 46.0 Å². The van der Waals surface area contributed by atoms with E-state index >= 15 is 0 Å². The molecule has 0 heterocycles. The van der Waals surface area contributed by atoms with Crippen LogP contribution in [0.25, 0.3) is 0 Å². The molecule has 20 N–H and O–H groups in total. The number of carbonyl (C=O) groups excluding carboxylic acids is 8. The minimum Gasteiger partial charge on any atom is -0.481 e. The molecule has 26 heteroatoms. The smallest absolute Gasteiger partial charge is 0.328 e. The van der Waals surface area contributed by atoms with Crippen LogP contribution in [0.15, 0.2) is 4.99 Å². The summed E-state index contributed by atoms with van der Waals surface area (Å²) in [6.45, 7) is 0.741. The quantitative estimate of drug-likeness (QED) is 0.0220. The molecule has 0 rings (SSSR count). The van der Waals surface area contributed by atoms with Gasteiger partial charge in [0.15, 0.2) is 5.96 Å². The average Bonchev–Trinajstić information content (AvgIpc) is 3.07. The number of rotatable bonds is 26. The fourth-order valence-electron chi connectivity index (χ4n) is 4.40. The summed E-state index contributed by atoms with van der Waals surface area (Å²) in [4.78, 5) is 128. The number of aliphatic hydroxyl groups is 2. The Labute approximate surface area is 313 Å². The number of carbonyl (C=O) groups is 10. The van der Waals surface area contributed by atoms with Gasteiger partial charge in [-0.15, -0.1) is 0 Å². The molecule has 0 aromatic heterocycles. The number of carboxylic acid groups (broad SMARTS) is 2. The molecule has 0 radical (unpaired) electrons. The predicted molar refractivity (Wildman–Crippen MR) is 186 cm³/mol. The Hall–Kier alpha value is -6.15. The number of hydrogen-bond donors (Lipinski definition) is 15. The lowest BCUT2D eigenvalue weighted by molar-refractivity contribution is -0.144. The minimum absolute atomic E-state index is 0.0376. The van der Waals surface area contributed by atoms with Crippen molar-refractivity contribution in [2.75, 3.05) is 19.8 Å². The first-order chi connectivity index (χ1) is 25.5. The van der Waals surface area contributed by atoms with E-state index in [4.69, 9.17) is 33.8 Å². The van der Waals surface area contributed by atoms with Crippen molar-refractivity contribution in [2.24, 2.45) is 39.6 Å². The van der Waals surface area contributed by atoms with Crippen LogP contribution in [0.4, 0.5) is 0 Å². The van der Waals surface area contributed by atoms with Gasteiger partial charge in [0.25, 0.3) is 0 Å². The Kier molecular flexibility index (Phi) is 21.5. The lowest BCUT2D eigenvalue weighted by Gasteiger charge is -2.27. The highest BCUT2D eigenvalue weighted by molar-refractivity contribution is 5.99. The van der Waals surface area contributed by atoms with E-state index in [0.29, 0.717) is 0 Å². The van der Waals surface area contributed by atoms with Crippen molar-refractivity contribution in [1.29, 1.82) is 0 Å². The largest absolute Gasteiger partial charge is 0.481 e. The Morgan fingerprint density at radius 2 is 1.00 bits per heavy atom. The molecule has 0 aromatic rings. The normalized spacial score (nSPS) is 14.6. The maximum absolute atomic E-state index is 13.4. The Bertz CT molecular complexity index is 1460. The lowest BCUT2D eigenvalue weighted by atomic mass is 10.0. The molecule has 0 saturated carbocycles. The highest BCUT2D eigenvalue weighted by Crippen LogP contribution is 2.07. The second-order valence-electron chi connectivity index (χ2n) is 12.2. The first-order valence-corrected chi connectivity index (χ1v) is 16.4. The molecule has 8 amide bonds. The topological polar surface area (TPSA) is 466 Å². The van der Waals surface area contributed by atoms with Crippen molar-refractivity contribution in [3.05, 3.63) is 0 Å². The molecular formula is C29H50N12O14. The number of nitrogens with zero attached hydrogens (tertiary/aromatic N) is 1. The van der Waals surface area contributed by atoms with Crippen molar-refractivity contribution in [1.82, 2.24) is 31.9 Å². The Balaban J connectivity index is 6.27. The van der Waals surface area contributed by atoms with Gasteiger partial charge < -0.3 is 81.0 Å². The van der Waals surface area contributed by atoms with Gasteiger partial charge in [-0.25, -0.2) is 4.79 Å². The second kappa shape index (κ2) is 24.2. The zero-order valence-corrected chi connectivity index (χ0v) is 30.0. The predicted octanol–water partition coefficient (Wildman–Crippen LogP) is -8.77. The Morgan fingerprint density at radius 3 is 1.44 bits per heavy atom. The van der Waals surface area contributed by atoms with Crippen molar-refractivity contribution in [2.45, 2.75) is 88.2 Å². The number of nitrogens with two attached hydrogens (primary N) is 5. The minimum atomic E-state index is -1.94. The highest BCUT2D eigenvalue weighted by atomic mass is 16.4. The number of guanidine groups is 1. The van der Waals surface area contributed by atoms with Gasteiger partial charge in [-0.05, 0) is 18.8 Å². The van der Waals surface area contributed by atoms with Crippen molar-refractivity contribution >= 4 is 65.2 Å². The van der Waals surface area contributed by atoms with Gasteiger partial charge >= 0.3 is 11.9 Å². The van der Waals surface area contributed by atoms with Gasteiger partial charge in [-0.1, -0.05) is 13.8 Å². The molecule has 0 aliphatic rings. The highest BCUT2D eigenvalue weighted by Gasteiger charge is 2.35. The standard InChI is InChI=1S/C29H50N12O14/c1-11(2)21(41-22(48)12(30)6-18(31)44)27(53)39-16(9-42)26(52)37-14(7-19(32)45)24(50)36-13(4-3-5-35-29(33)34)23(49)38-15(8-20(46)47)25(51)40-17(10-43)28(54)55/h11-17,21,42-43H,3-10,30H2,1-2H3,(H2,31,44)(H2,32,45)(H,36,50)(H,37,52)(H,38,49)(H,39,53)(H,40,51)(H,41,48)(H,46,47)(H,54,55)(H4,33,34,35)/t12-,13-,14-,15-,16-,17-,21-/m0/s1. The third-order valence-electron chi connectivity index (χ3n) is 7.25. The van der Waals surface area contributed by atoms with Crippen molar-refractivity contribution in [3.63, 3.8) is 0 Å². The van der Waals surface area contributed by atoms with Gasteiger partial charge in [0.2, 0.25) is 47.3 Å². The van der Waals surface area contributed by atoms with Crippen molar-refractivity contribution in [3.8, 4) is 0 Å². The summed E-state index contributed by atoms with van der Waals surface area (Å²) in [6, 6.07) is -11.9. The van der Waals surface area contributed by atoms with Crippen LogP contribution in [-0.4, -0.2) is 148 Å². The van der Waals surface area contributed by atoms with Crippen LogP contribution in [0, 0.1) is 5.92 Å². The van der Waals surface area contributed by atoms with E-state index in [1.54, 1.807) is 0 Å². The van der Waals surface area contributed by atoms with Crippen LogP contribution in [0.3, 0.4) is 0 Å². The molecule has 0 spiro atoms. The lowest BCUT2D eigenvalue weighted by Crippen LogP contribution is -2.61. The van der Waals surface area contributed by atoms with Crippen molar-refractivity contribution < 1.29 is 68.4 Å². The van der Waals surface area contributed by atoms with Crippen LogP contribution in [-0.2, 0) is 47.9 Å². The summed E-state index contributed by atoms with van der Waals surface area (Å²) in [6.07, 6.45) is -2.89. The molecular weight excluding hydrogens is 740 g/mol. The molecule has 0 aliphatic heterocycles. The maximum Gasteiger partial charge on any atom is 0.328 e. The molecule has 0 saturated heterocycles. The molecule has 0 bridgehead atoms. The van der Waals surface area contributed by atoms with Crippen LogP contribution in [0.2, 0.25) is 0 Å². The van der Waals surface area contributed by atoms with E-state index in [9.17, 15) is 63.3 Å². The SMILES string of the molecule is CC(C)[C@H](NC(=O)[C@@H](N)CC(N)=O)C(=O)N[C@@H](CO)C(=O)N[C@@H](CC(N)=O)C(=O)N[C@@H](CCCN=C(N)N)C(=O)N[C@@H](CC(=O)O)C(=O)N[C@@H](CO)C(=O)O. The van der Waals surface area contributed by atoms with Crippen LogP contribution < -0.4 is 60.6 Å². The summed E-state index contributed by atoms with van der Waals surface area (Å²) in [5, 5.41) is 50.3. The van der Waals surface area contributed by atoms with E-state index in [2.05, 4.69) is 31.6 Å². The van der Waals surface area contributed by atoms with Gasteiger partial charge in [-0.2, -0.15) is 0 Å². The van der Waals surface area contributed by atoms with Crippen LogP contribution in [0.5, 0.6) is 0 Å². The molecule has 0 unspecified atom stereocenters. The number of primary amides is 2. The van der Waals surface area contributed by atoms with E-state index in [-0.39, 0.29) is 25.3 Å². The number of carboxylic acids is 2. The van der Waals surface area contributed by atoms with Gasteiger partial charge in [0.05, 0.1) is 38.5 Å². The maximum atomic E-state index is 13.4. The Morgan fingerprint density at radius 1 is 0.564 bits per heavy atom. The zero-order chi connectivity index (χ0) is 42.6. The number of aliphatic carboxylic acids is 2. The summed E-state index contributed by atoms with van der Waals surface area (Å²) in [7, 11) is 0. The first kappa shape index (κ1) is 48.8. The van der Waals surface area contributed by atoms with E-state index < -0.39 is 140 Å². The number of aliphatic imine (C=N–C) groups is 1. The zero-order valence-electron chi connectivity index (χ0n) is 30.0. The molecule has 310 valence electrons. The van der Waals surface area contributed by atoms with Gasteiger partial charge in [0.1, 0.15) is 36.3 Å².